The summed E-state index contributed by atoms with van der Waals surface area (Å²) in [5.41, 5.74) is 0.702. The smallest absolute Gasteiger partial charge is 0.131 e. The van der Waals surface area contributed by atoms with Gasteiger partial charge in [-0.05, 0) is 25.3 Å². The van der Waals surface area contributed by atoms with E-state index in [1.165, 1.54) is 6.07 Å². The zero-order chi connectivity index (χ0) is 15.1. The number of allylic oxidation sites excluding steroid dienone is 1. The van der Waals surface area contributed by atoms with Crippen LogP contribution in [0.3, 0.4) is 0 Å². The van der Waals surface area contributed by atoms with Crippen molar-refractivity contribution in [3.63, 3.8) is 0 Å². The lowest BCUT2D eigenvalue weighted by Crippen LogP contribution is -2.45. The third kappa shape index (κ3) is 5.27. The molecule has 0 radical (unpaired) electrons. The van der Waals surface area contributed by atoms with E-state index in [1.54, 1.807) is 12.1 Å². The molecule has 1 aliphatic rings. The third-order valence-corrected chi connectivity index (χ3v) is 4.07. The van der Waals surface area contributed by atoms with Gasteiger partial charge in [-0.3, -0.25) is 4.90 Å². The molecule has 1 heterocycles. The largest absolute Gasteiger partial charge is 0.508 e. The zero-order valence-electron chi connectivity index (χ0n) is 12.9. The first-order chi connectivity index (χ1) is 10.2. The number of hydrogen-bond donors (Lipinski definition) is 2. The molecule has 0 amide bonds. The second-order valence-electron chi connectivity index (χ2n) is 5.58. The summed E-state index contributed by atoms with van der Waals surface area (Å²) in [6.45, 7) is 7.51. The molecule has 3 nitrogen and oxygen atoms in total. The van der Waals surface area contributed by atoms with Gasteiger partial charge in [0.15, 0.2) is 0 Å². The number of phenolic OH excluding ortho intramolecular Hbond substituents is 1. The number of unbranched alkanes of at least 4 members (excludes halogenated alkanes) is 2. The molecule has 1 fully saturated rings. The van der Waals surface area contributed by atoms with Gasteiger partial charge >= 0.3 is 0 Å². The summed E-state index contributed by atoms with van der Waals surface area (Å²) >= 11 is 0. The van der Waals surface area contributed by atoms with Gasteiger partial charge in [0, 0.05) is 43.9 Å². The highest BCUT2D eigenvalue weighted by Gasteiger charge is 2.24. The highest BCUT2D eigenvalue weighted by Crippen LogP contribution is 2.30. The van der Waals surface area contributed by atoms with Crippen molar-refractivity contribution in [2.24, 2.45) is 0 Å². The first-order valence-corrected chi connectivity index (χ1v) is 7.76. The van der Waals surface area contributed by atoms with E-state index in [1.807, 2.05) is 6.08 Å². The van der Waals surface area contributed by atoms with Crippen molar-refractivity contribution in [2.75, 3.05) is 26.2 Å². The van der Waals surface area contributed by atoms with E-state index in [2.05, 4.69) is 16.8 Å². The van der Waals surface area contributed by atoms with Crippen molar-refractivity contribution in [1.82, 2.24) is 10.2 Å². The summed E-state index contributed by atoms with van der Waals surface area (Å²) in [5, 5.41) is 12.7. The van der Waals surface area contributed by atoms with Gasteiger partial charge in [-0.2, -0.15) is 0 Å². The molecule has 0 aliphatic carbocycles. The van der Waals surface area contributed by atoms with Crippen LogP contribution in [0, 0.1) is 5.82 Å². The molecule has 124 valence electrons. The van der Waals surface area contributed by atoms with Crippen LogP contribution in [0.25, 0.3) is 0 Å². The Kier molecular flexibility index (Phi) is 8.46. The van der Waals surface area contributed by atoms with Gasteiger partial charge in [0.2, 0.25) is 0 Å². The molecule has 5 heteroatoms. The Hall–Kier alpha value is -1.10. The van der Waals surface area contributed by atoms with Gasteiger partial charge in [0.25, 0.3) is 0 Å². The molecule has 1 aromatic rings. The van der Waals surface area contributed by atoms with E-state index in [0.717, 1.165) is 51.9 Å². The van der Waals surface area contributed by atoms with Gasteiger partial charge in [0.1, 0.15) is 11.6 Å². The Bertz CT molecular complexity index is 464. The summed E-state index contributed by atoms with van der Waals surface area (Å²) in [6, 6.07) is 4.62. The summed E-state index contributed by atoms with van der Waals surface area (Å²) in [6.07, 6.45) is 6.02. The summed E-state index contributed by atoms with van der Waals surface area (Å²) in [4.78, 5) is 2.35. The van der Waals surface area contributed by atoms with Crippen LogP contribution in [0.2, 0.25) is 0 Å². The molecule has 1 atom stereocenters. The van der Waals surface area contributed by atoms with Crippen molar-refractivity contribution in [3.05, 3.63) is 42.2 Å². The lowest BCUT2D eigenvalue weighted by molar-refractivity contribution is 0.159. The minimum atomic E-state index is -0.303. The summed E-state index contributed by atoms with van der Waals surface area (Å²) in [5.74, 6) is -0.316. The molecular formula is C17H26ClFN2O. The Morgan fingerprint density at radius 3 is 2.68 bits per heavy atom. The van der Waals surface area contributed by atoms with Crippen LogP contribution in [-0.4, -0.2) is 36.2 Å². The molecule has 2 rings (SSSR count). The second kappa shape index (κ2) is 9.82. The van der Waals surface area contributed by atoms with Crippen molar-refractivity contribution in [3.8, 4) is 5.75 Å². The molecule has 0 bridgehead atoms. The molecule has 0 aromatic heterocycles. The maximum Gasteiger partial charge on any atom is 0.131 e. The lowest BCUT2D eigenvalue weighted by Gasteiger charge is -2.35. The monoisotopic (exact) mass is 328 g/mol. The predicted molar refractivity (Wildman–Crippen MR) is 91.2 cm³/mol. The molecule has 22 heavy (non-hydrogen) atoms. The van der Waals surface area contributed by atoms with Crippen LogP contribution in [-0.2, 0) is 0 Å². The van der Waals surface area contributed by atoms with Crippen LogP contribution in [0.15, 0.2) is 30.9 Å². The number of aromatic hydroxyl groups is 1. The minimum absolute atomic E-state index is 0. The molecule has 0 unspecified atom stereocenters. The highest BCUT2D eigenvalue weighted by molar-refractivity contribution is 5.85. The lowest BCUT2D eigenvalue weighted by atomic mass is 9.97. The number of benzene rings is 1. The quantitative estimate of drug-likeness (QED) is 0.592. The zero-order valence-corrected chi connectivity index (χ0v) is 13.7. The highest BCUT2D eigenvalue weighted by atomic mass is 35.5. The first-order valence-electron chi connectivity index (χ1n) is 7.76. The normalized spacial score (nSPS) is 16.8. The van der Waals surface area contributed by atoms with Crippen LogP contribution in [0.4, 0.5) is 4.39 Å². The van der Waals surface area contributed by atoms with Crippen LogP contribution >= 0.6 is 12.4 Å². The average Bonchev–Trinajstić information content (AvgIpc) is 2.49. The number of piperazine rings is 1. The van der Waals surface area contributed by atoms with Gasteiger partial charge < -0.3 is 10.4 Å². The van der Waals surface area contributed by atoms with E-state index in [4.69, 9.17) is 0 Å². The Morgan fingerprint density at radius 2 is 2.05 bits per heavy atom. The molecule has 1 saturated heterocycles. The fourth-order valence-electron chi connectivity index (χ4n) is 2.94. The maximum atomic E-state index is 14.2. The van der Waals surface area contributed by atoms with Crippen molar-refractivity contribution in [2.45, 2.75) is 31.7 Å². The topological polar surface area (TPSA) is 35.5 Å². The number of halogens is 2. The minimum Gasteiger partial charge on any atom is -0.508 e. The van der Waals surface area contributed by atoms with Crippen molar-refractivity contribution in [1.29, 1.82) is 0 Å². The van der Waals surface area contributed by atoms with E-state index >= 15 is 0 Å². The van der Waals surface area contributed by atoms with Crippen LogP contribution in [0.5, 0.6) is 5.75 Å². The molecule has 2 N–H and O–H groups in total. The van der Waals surface area contributed by atoms with Crippen LogP contribution < -0.4 is 5.32 Å². The molecule has 0 spiro atoms. The van der Waals surface area contributed by atoms with Gasteiger partial charge in [0.05, 0.1) is 0 Å². The van der Waals surface area contributed by atoms with Gasteiger partial charge in [-0.15, -0.1) is 19.0 Å². The Morgan fingerprint density at radius 1 is 1.32 bits per heavy atom. The second-order valence-corrected chi connectivity index (χ2v) is 5.58. The standard InChI is InChI=1S/C17H25FN2O.ClH/c1-2-3-4-5-6-17(20-11-9-19-10-12-20)15-8-7-14(21)13-16(15)18;/h2,7-8,13,17,19,21H,1,3-6,9-12H2;1H/t17-;/m0./s1. The predicted octanol–water partition coefficient (Wildman–Crippen LogP) is 3.65. The van der Waals surface area contributed by atoms with E-state index in [0.29, 0.717) is 5.56 Å². The Labute approximate surface area is 138 Å². The third-order valence-electron chi connectivity index (χ3n) is 4.07. The number of phenols is 1. The van der Waals surface area contributed by atoms with Crippen molar-refractivity contribution >= 4 is 12.4 Å². The number of hydrogen-bond acceptors (Lipinski definition) is 3. The van der Waals surface area contributed by atoms with E-state index in [9.17, 15) is 9.50 Å². The van der Waals surface area contributed by atoms with Crippen LogP contribution in [0.1, 0.15) is 37.3 Å². The Balaban J connectivity index is 0.00000242. The molecule has 1 aromatic carbocycles. The first kappa shape index (κ1) is 18.9. The SMILES string of the molecule is C=CCCCC[C@@H](c1ccc(O)cc1F)N1CCNCC1.Cl. The molecular weight excluding hydrogens is 303 g/mol. The molecule has 0 saturated carbocycles. The van der Waals surface area contributed by atoms with Gasteiger partial charge in [-0.1, -0.05) is 18.6 Å². The van der Waals surface area contributed by atoms with E-state index < -0.39 is 0 Å². The molecule has 1 aliphatic heterocycles. The maximum absolute atomic E-state index is 14.2. The van der Waals surface area contributed by atoms with Crippen molar-refractivity contribution < 1.29 is 9.50 Å². The number of nitrogens with zero attached hydrogens (tertiary/aromatic N) is 1. The van der Waals surface area contributed by atoms with E-state index in [-0.39, 0.29) is 30.0 Å². The summed E-state index contributed by atoms with van der Waals surface area (Å²) < 4.78 is 14.2. The fourth-order valence-corrected chi connectivity index (χ4v) is 2.94. The summed E-state index contributed by atoms with van der Waals surface area (Å²) in [7, 11) is 0. The number of nitrogens with one attached hydrogen (secondary N) is 1. The fraction of sp³-hybridized carbons (Fsp3) is 0.529. The average molecular weight is 329 g/mol. The van der Waals surface area contributed by atoms with Gasteiger partial charge in [-0.25, -0.2) is 4.39 Å². The number of rotatable bonds is 7.